The number of nitrogens with zero attached hydrogens (tertiary/aromatic N) is 4. The van der Waals surface area contributed by atoms with Crippen LogP contribution < -0.4 is 16.2 Å². The van der Waals surface area contributed by atoms with Crippen LogP contribution in [0.15, 0.2) is 29.1 Å². The Morgan fingerprint density at radius 2 is 2.06 bits per heavy atom. The first kappa shape index (κ1) is 22.4. The topological polar surface area (TPSA) is 128 Å². The molecule has 0 bridgehead atoms. The average Bonchev–Trinajstić information content (AvgIpc) is 3.52. The van der Waals surface area contributed by atoms with Gasteiger partial charge in [-0.15, -0.1) is 0 Å². The number of aromatic nitrogens is 4. The fourth-order valence-corrected chi connectivity index (χ4v) is 4.27. The highest BCUT2D eigenvalue weighted by Gasteiger charge is 2.25. The third kappa shape index (κ3) is 5.34. The molecule has 3 aromatic rings. The van der Waals surface area contributed by atoms with Crippen molar-refractivity contribution in [1.29, 1.82) is 0 Å². The number of benzene rings is 1. The van der Waals surface area contributed by atoms with E-state index in [1.807, 2.05) is 28.6 Å². The normalized spacial score (nSPS) is 14.8. The van der Waals surface area contributed by atoms with Crippen molar-refractivity contribution >= 4 is 28.0 Å². The van der Waals surface area contributed by atoms with Gasteiger partial charge in [-0.05, 0) is 29.9 Å². The third-order valence-electron chi connectivity index (χ3n) is 5.36. The zero-order valence-electron chi connectivity index (χ0n) is 18.2. The Bertz CT molecular complexity index is 1170. The van der Waals surface area contributed by atoms with Gasteiger partial charge in [-0.1, -0.05) is 24.3 Å². The molecule has 0 radical (unpaired) electrons. The molecule has 0 saturated heterocycles. The maximum atomic E-state index is 12.6. The molecule has 0 amide bonds. The Kier molecular flexibility index (Phi) is 6.87. The van der Waals surface area contributed by atoms with Crippen LogP contribution in [-0.2, 0) is 28.8 Å². The van der Waals surface area contributed by atoms with E-state index in [1.54, 1.807) is 13.4 Å². The number of aromatic amines is 1. The first-order valence-corrected chi connectivity index (χ1v) is 12.0. The lowest BCUT2D eigenvalue weighted by molar-refractivity contribution is 0.141. The van der Waals surface area contributed by atoms with Gasteiger partial charge in [0.1, 0.15) is 12.1 Å². The largest absolute Gasteiger partial charge is 0.461 e. The molecule has 1 aliphatic carbocycles. The number of rotatable bonds is 11. The van der Waals surface area contributed by atoms with E-state index in [-0.39, 0.29) is 24.1 Å². The van der Waals surface area contributed by atoms with Gasteiger partial charge in [0.2, 0.25) is 0 Å². The lowest BCUT2D eigenvalue weighted by Crippen LogP contribution is -2.27. The van der Waals surface area contributed by atoms with E-state index in [0.29, 0.717) is 36.8 Å². The summed E-state index contributed by atoms with van der Waals surface area (Å²) in [6.45, 7) is 2.40. The zero-order valence-corrected chi connectivity index (χ0v) is 19.1. The van der Waals surface area contributed by atoms with Crippen LogP contribution in [0.1, 0.15) is 24.0 Å². The number of ether oxygens (including phenoxy) is 2. The highest BCUT2D eigenvalue weighted by Crippen LogP contribution is 2.30. The highest BCUT2D eigenvalue weighted by atomic mass is 32.2. The van der Waals surface area contributed by atoms with E-state index < -0.39 is 11.0 Å². The molecule has 32 heavy (non-hydrogen) atoms. The summed E-state index contributed by atoms with van der Waals surface area (Å²) in [6.07, 6.45) is 4.13. The van der Waals surface area contributed by atoms with E-state index >= 15 is 0 Å². The summed E-state index contributed by atoms with van der Waals surface area (Å²) in [5, 5.41) is 0. The van der Waals surface area contributed by atoms with Crippen LogP contribution in [0, 0.1) is 5.92 Å². The van der Waals surface area contributed by atoms with Gasteiger partial charge in [-0.25, -0.2) is 13.3 Å². The van der Waals surface area contributed by atoms with Crippen LogP contribution in [0.25, 0.3) is 11.2 Å². The first-order valence-electron chi connectivity index (χ1n) is 10.5. The van der Waals surface area contributed by atoms with Crippen LogP contribution in [0.2, 0.25) is 0 Å². The predicted octanol–water partition coefficient (Wildman–Crippen LogP) is 1.28. The summed E-state index contributed by atoms with van der Waals surface area (Å²) in [5.41, 5.74) is 8.41. The van der Waals surface area contributed by atoms with E-state index in [1.165, 1.54) is 17.4 Å². The molecule has 1 aromatic carbocycles. The Morgan fingerprint density at radius 1 is 1.28 bits per heavy atom. The molecule has 10 nitrogen and oxygen atoms in total. The van der Waals surface area contributed by atoms with Gasteiger partial charge in [-0.2, -0.15) is 9.97 Å². The standard InChI is InChI=1S/C21H28N6O4S/c1-30-8-9-31-20-24-18(22)17-19(25-20)27(21(28)23-17)13-16-5-3-4-15(10-16)12-26(32(2)29)11-14-6-7-14/h3-5,10,14H,6-9,11-13H2,1-2H3,(H,23,28)(H2,22,24,25). The monoisotopic (exact) mass is 460 g/mol. The number of methoxy groups -OCH3 is 1. The van der Waals surface area contributed by atoms with Gasteiger partial charge < -0.3 is 20.2 Å². The van der Waals surface area contributed by atoms with Gasteiger partial charge in [0.25, 0.3) is 0 Å². The van der Waals surface area contributed by atoms with Gasteiger partial charge in [0.15, 0.2) is 11.5 Å². The predicted molar refractivity (Wildman–Crippen MR) is 123 cm³/mol. The molecule has 0 spiro atoms. The Balaban J connectivity index is 1.57. The van der Waals surface area contributed by atoms with Crippen molar-refractivity contribution in [3.05, 3.63) is 45.9 Å². The van der Waals surface area contributed by atoms with Crippen LogP contribution >= 0.6 is 0 Å². The van der Waals surface area contributed by atoms with E-state index in [9.17, 15) is 9.00 Å². The molecule has 1 aliphatic rings. The molecule has 1 atom stereocenters. The third-order valence-corrected chi connectivity index (χ3v) is 6.37. The average molecular weight is 461 g/mol. The first-order chi connectivity index (χ1) is 15.4. The SMILES string of the molecule is COCCOc1nc(N)c2[nH]c(=O)n(Cc3cccc(CN(CC4CC4)S(C)=O)c3)c2n1. The summed E-state index contributed by atoms with van der Waals surface area (Å²) in [6, 6.07) is 8.02. The Morgan fingerprint density at radius 3 is 2.78 bits per heavy atom. The second-order valence-corrected chi connectivity index (χ2v) is 9.32. The molecule has 4 rings (SSSR count). The fraction of sp³-hybridized carbons (Fsp3) is 0.476. The lowest BCUT2D eigenvalue weighted by Gasteiger charge is -2.19. The second-order valence-electron chi connectivity index (χ2n) is 7.96. The van der Waals surface area contributed by atoms with E-state index in [4.69, 9.17) is 15.2 Å². The molecule has 2 aromatic heterocycles. The van der Waals surface area contributed by atoms with E-state index in [2.05, 4.69) is 15.0 Å². The smallest absolute Gasteiger partial charge is 0.328 e. The number of hydrogen-bond donors (Lipinski definition) is 2. The molecule has 11 heteroatoms. The molecular weight excluding hydrogens is 432 g/mol. The number of fused-ring (bicyclic) bond motifs is 1. The summed E-state index contributed by atoms with van der Waals surface area (Å²) >= 11 is 0. The number of nitrogens with two attached hydrogens (primary N) is 1. The van der Waals surface area contributed by atoms with Crippen molar-refractivity contribution in [2.75, 3.05) is 38.9 Å². The summed E-state index contributed by atoms with van der Waals surface area (Å²) < 4.78 is 26.1. The summed E-state index contributed by atoms with van der Waals surface area (Å²) in [4.78, 5) is 23.8. The van der Waals surface area contributed by atoms with Crippen LogP contribution in [-0.4, -0.2) is 61.2 Å². The minimum atomic E-state index is -1.03. The van der Waals surface area contributed by atoms with Crippen LogP contribution in [0.4, 0.5) is 5.82 Å². The van der Waals surface area contributed by atoms with Gasteiger partial charge in [0, 0.05) is 26.5 Å². The van der Waals surface area contributed by atoms with E-state index in [0.717, 1.165) is 17.7 Å². The van der Waals surface area contributed by atoms with Gasteiger partial charge in [-0.3, -0.25) is 4.57 Å². The highest BCUT2D eigenvalue weighted by molar-refractivity contribution is 7.81. The fourth-order valence-electron chi connectivity index (χ4n) is 3.52. The van der Waals surface area contributed by atoms with Crippen molar-refractivity contribution < 1.29 is 13.7 Å². The summed E-state index contributed by atoms with van der Waals surface area (Å²) in [7, 11) is 0.538. The number of nitrogen functional groups attached to an aromatic ring is 1. The van der Waals surface area contributed by atoms with Crippen LogP contribution in [0.3, 0.4) is 0 Å². The zero-order chi connectivity index (χ0) is 22.7. The van der Waals surface area contributed by atoms with Gasteiger partial charge in [0.05, 0.1) is 24.1 Å². The molecule has 3 N–H and O–H groups in total. The lowest BCUT2D eigenvalue weighted by atomic mass is 10.1. The van der Waals surface area contributed by atoms with Gasteiger partial charge >= 0.3 is 11.7 Å². The Hall–Kier alpha value is -2.76. The number of nitrogens with one attached hydrogen (secondary N) is 1. The van der Waals surface area contributed by atoms with Crippen molar-refractivity contribution in [2.45, 2.75) is 25.9 Å². The minimum absolute atomic E-state index is 0.0923. The number of hydrogen-bond acceptors (Lipinski definition) is 7. The number of imidazole rings is 1. The van der Waals surface area contributed by atoms with Crippen LogP contribution in [0.5, 0.6) is 6.01 Å². The van der Waals surface area contributed by atoms with Crippen molar-refractivity contribution in [2.24, 2.45) is 5.92 Å². The van der Waals surface area contributed by atoms with Crippen molar-refractivity contribution in [3.63, 3.8) is 0 Å². The molecule has 1 fully saturated rings. The molecule has 172 valence electrons. The maximum absolute atomic E-state index is 12.6. The Labute approximate surface area is 188 Å². The molecule has 1 unspecified atom stereocenters. The molecular formula is C21H28N6O4S. The molecule has 2 heterocycles. The number of H-pyrrole nitrogens is 1. The number of anilines is 1. The van der Waals surface area contributed by atoms with Crippen molar-refractivity contribution in [1.82, 2.24) is 23.8 Å². The molecule has 1 saturated carbocycles. The minimum Gasteiger partial charge on any atom is -0.461 e. The maximum Gasteiger partial charge on any atom is 0.328 e. The quantitative estimate of drug-likeness (QED) is 0.413. The molecule has 0 aliphatic heterocycles. The summed E-state index contributed by atoms with van der Waals surface area (Å²) in [5.74, 6) is 0.797. The second kappa shape index (κ2) is 9.80. The van der Waals surface area contributed by atoms with Crippen molar-refractivity contribution in [3.8, 4) is 6.01 Å².